The molecule has 0 heterocycles. The third-order valence-electron chi connectivity index (χ3n) is 2.91. The predicted molar refractivity (Wildman–Crippen MR) is 101 cm³/mol. The Hall–Kier alpha value is -0.409. The van der Waals surface area contributed by atoms with Gasteiger partial charge in [-0.25, -0.2) is 0 Å². The summed E-state index contributed by atoms with van der Waals surface area (Å²) in [6, 6.07) is 8.67. The molecular formula is C15H31NO2Si3. The van der Waals surface area contributed by atoms with Gasteiger partial charge < -0.3 is 13.1 Å². The Bertz CT molecular complexity index is 445. The lowest BCUT2D eigenvalue weighted by atomic mass is 10.3. The molecule has 0 unspecified atom stereocenters. The fourth-order valence-corrected chi connectivity index (χ4v) is 14.0. The molecule has 0 aliphatic carbocycles. The smallest absolute Gasteiger partial charge is 0.348 e. The summed E-state index contributed by atoms with van der Waals surface area (Å²) < 4.78 is 13.1. The van der Waals surface area contributed by atoms with E-state index in [0.29, 0.717) is 0 Å². The van der Waals surface area contributed by atoms with E-state index in [1.54, 1.807) is 0 Å². The number of hydrogen-bond donors (Lipinski definition) is 0. The Morgan fingerprint density at radius 2 is 1.10 bits per heavy atom. The summed E-state index contributed by atoms with van der Waals surface area (Å²) in [4.78, 5) is 2.11. The Kier molecular flexibility index (Phi) is 5.66. The molecule has 0 saturated carbocycles. The van der Waals surface area contributed by atoms with Crippen LogP contribution in [0.2, 0.25) is 45.8 Å². The first-order valence-corrected chi connectivity index (χ1v) is 16.6. The van der Waals surface area contributed by atoms with Crippen molar-refractivity contribution in [3.8, 4) is 0 Å². The normalized spacial score (nSPS) is 13.4. The second kappa shape index (κ2) is 6.37. The zero-order chi connectivity index (χ0) is 16.5. The molecule has 0 radical (unpaired) electrons. The van der Waals surface area contributed by atoms with E-state index in [9.17, 15) is 0 Å². The van der Waals surface area contributed by atoms with Crippen LogP contribution in [-0.2, 0) is 8.23 Å². The van der Waals surface area contributed by atoms with Crippen LogP contribution >= 0.6 is 0 Å². The van der Waals surface area contributed by atoms with Gasteiger partial charge in [0.05, 0.1) is 0 Å². The van der Waals surface area contributed by atoms with Crippen molar-refractivity contribution in [1.29, 1.82) is 0 Å². The van der Waals surface area contributed by atoms with Crippen LogP contribution in [0.3, 0.4) is 0 Å². The van der Waals surface area contributed by atoms with Crippen LogP contribution in [-0.4, -0.2) is 39.3 Å². The van der Waals surface area contributed by atoms with Gasteiger partial charge in [-0.2, -0.15) is 0 Å². The fourth-order valence-electron chi connectivity index (χ4n) is 2.37. The second-order valence-electron chi connectivity index (χ2n) is 7.82. The molecule has 0 amide bonds. The molecule has 1 rings (SSSR count). The maximum Gasteiger partial charge on any atom is 0.348 e. The summed E-state index contributed by atoms with van der Waals surface area (Å²) in [5.74, 6) is 0. The molecule has 3 nitrogen and oxygen atoms in total. The minimum atomic E-state index is -2.35. The van der Waals surface area contributed by atoms with Crippen LogP contribution in [0.15, 0.2) is 24.3 Å². The molecule has 0 fully saturated rings. The molecule has 0 bridgehead atoms. The molecule has 6 heteroatoms. The van der Waals surface area contributed by atoms with Gasteiger partial charge >= 0.3 is 8.56 Å². The van der Waals surface area contributed by atoms with E-state index < -0.39 is 25.2 Å². The zero-order valence-electron chi connectivity index (χ0n) is 15.1. The number of rotatable bonds is 6. The number of hydrogen-bond acceptors (Lipinski definition) is 3. The van der Waals surface area contributed by atoms with Gasteiger partial charge in [0.2, 0.25) is 0 Å². The highest BCUT2D eigenvalue weighted by atomic mass is 28.5. The second-order valence-corrected chi connectivity index (χ2v) is 20.4. The lowest BCUT2D eigenvalue weighted by Gasteiger charge is -2.38. The largest absolute Gasteiger partial charge is 0.433 e. The average molecular weight is 342 g/mol. The van der Waals surface area contributed by atoms with E-state index in [2.05, 4.69) is 89.1 Å². The van der Waals surface area contributed by atoms with Gasteiger partial charge in [-0.15, -0.1) is 0 Å². The molecule has 0 spiro atoms. The van der Waals surface area contributed by atoms with Crippen molar-refractivity contribution in [2.24, 2.45) is 0 Å². The molecule has 120 valence electrons. The minimum absolute atomic E-state index is 1.20. The third-order valence-corrected chi connectivity index (χ3v) is 12.3. The summed E-state index contributed by atoms with van der Waals surface area (Å²) >= 11 is 0. The first-order valence-electron chi connectivity index (χ1n) is 7.51. The van der Waals surface area contributed by atoms with E-state index in [1.807, 2.05) is 0 Å². The maximum atomic E-state index is 6.56. The number of anilines is 1. The van der Waals surface area contributed by atoms with Crippen LogP contribution < -0.4 is 10.1 Å². The topological polar surface area (TPSA) is 21.7 Å². The van der Waals surface area contributed by atoms with Crippen LogP contribution in [0, 0.1) is 0 Å². The third kappa shape index (κ3) is 6.07. The van der Waals surface area contributed by atoms with Gasteiger partial charge in [-0.3, -0.25) is 0 Å². The summed E-state index contributed by atoms with van der Waals surface area (Å²) in [5, 5.41) is 1.23. The van der Waals surface area contributed by atoms with Crippen molar-refractivity contribution in [3.63, 3.8) is 0 Å². The van der Waals surface area contributed by atoms with E-state index in [-0.39, 0.29) is 0 Å². The van der Waals surface area contributed by atoms with Crippen LogP contribution in [0.5, 0.6) is 0 Å². The first-order chi connectivity index (χ1) is 9.32. The van der Waals surface area contributed by atoms with Gasteiger partial charge in [0, 0.05) is 19.8 Å². The lowest BCUT2D eigenvalue weighted by molar-refractivity contribution is 0.404. The molecule has 1 aromatic rings. The highest BCUT2D eigenvalue weighted by Crippen LogP contribution is 2.21. The Morgan fingerprint density at radius 3 is 1.38 bits per heavy atom. The van der Waals surface area contributed by atoms with Crippen molar-refractivity contribution in [1.82, 2.24) is 0 Å². The predicted octanol–water partition coefficient (Wildman–Crippen LogP) is 3.73. The summed E-state index contributed by atoms with van der Waals surface area (Å²) in [6.07, 6.45) is 0. The first kappa shape index (κ1) is 18.6. The molecule has 0 N–H and O–H groups in total. The SMILES string of the molecule is CN(C)c1ccc([Si](C)(O[Si](C)(C)C)O[Si](C)(C)C)cc1. The van der Waals surface area contributed by atoms with Crippen LogP contribution in [0.25, 0.3) is 0 Å². The molecule has 1 aromatic carbocycles. The number of benzene rings is 1. The molecule has 21 heavy (non-hydrogen) atoms. The zero-order valence-corrected chi connectivity index (χ0v) is 18.1. The van der Waals surface area contributed by atoms with Gasteiger partial charge in [-0.05, 0) is 63.1 Å². The van der Waals surface area contributed by atoms with Crippen LogP contribution in [0.4, 0.5) is 5.69 Å². The monoisotopic (exact) mass is 341 g/mol. The van der Waals surface area contributed by atoms with E-state index >= 15 is 0 Å². The van der Waals surface area contributed by atoms with Crippen molar-refractivity contribution in [3.05, 3.63) is 24.3 Å². The number of nitrogens with zero attached hydrogens (tertiary/aromatic N) is 1. The fraction of sp³-hybridized carbons (Fsp3) is 0.600. The van der Waals surface area contributed by atoms with E-state index in [4.69, 9.17) is 8.23 Å². The van der Waals surface area contributed by atoms with Gasteiger partial charge in [0.1, 0.15) is 0 Å². The summed E-state index contributed by atoms with van der Waals surface area (Å²) in [7, 11) is -1.56. The average Bonchev–Trinajstić information content (AvgIpc) is 2.23. The minimum Gasteiger partial charge on any atom is -0.433 e. The molecule has 0 aliphatic rings. The standard InChI is InChI=1S/C15H31NO2Si3/c1-16(2)14-10-12-15(13-11-14)21(9,17-19(3,4)5)18-20(6,7)8/h10-13H,1-9H3. The maximum absolute atomic E-state index is 6.56. The van der Waals surface area contributed by atoms with Crippen molar-refractivity contribution in [2.75, 3.05) is 19.0 Å². The van der Waals surface area contributed by atoms with Gasteiger partial charge in [-0.1, -0.05) is 12.1 Å². The molecule has 0 atom stereocenters. The van der Waals surface area contributed by atoms with Gasteiger partial charge in [0.15, 0.2) is 16.6 Å². The quantitative estimate of drug-likeness (QED) is 0.736. The van der Waals surface area contributed by atoms with Crippen molar-refractivity contribution < 1.29 is 8.23 Å². The molecule has 0 saturated heterocycles. The Morgan fingerprint density at radius 1 is 0.714 bits per heavy atom. The summed E-state index contributed by atoms with van der Waals surface area (Å²) in [6.45, 7) is 15.6. The van der Waals surface area contributed by atoms with Gasteiger partial charge in [0.25, 0.3) is 0 Å². The molecule has 0 aliphatic heterocycles. The summed E-state index contributed by atoms with van der Waals surface area (Å²) in [5.41, 5.74) is 1.20. The van der Waals surface area contributed by atoms with E-state index in [0.717, 1.165) is 0 Å². The lowest BCUT2D eigenvalue weighted by Crippen LogP contribution is -2.60. The van der Waals surface area contributed by atoms with Crippen LogP contribution in [0.1, 0.15) is 0 Å². The van der Waals surface area contributed by atoms with E-state index in [1.165, 1.54) is 10.9 Å². The Labute approximate surface area is 133 Å². The van der Waals surface area contributed by atoms with Crippen molar-refractivity contribution in [2.45, 2.75) is 45.8 Å². The Balaban J connectivity index is 3.17. The molecular weight excluding hydrogens is 310 g/mol. The molecule has 0 aromatic heterocycles. The highest BCUT2D eigenvalue weighted by Gasteiger charge is 2.42. The van der Waals surface area contributed by atoms with Crippen molar-refractivity contribution >= 4 is 36.1 Å². The highest BCUT2D eigenvalue weighted by molar-refractivity contribution is 6.94.